The summed E-state index contributed by atoms with van der Waals surface area (Å²) in [4.78, 5) is 14.1. The predicted molar refractivity (Wildman–Crippen MR) is 74.8 cm³/mol. The second-order valence-corrected chi connectivity index (χ2v) is 4.44. The van der Waals surface area contributed by atoms with Gasteiger partial charge in [-0.25, -0.2) is 0 Å². The van der Waals surface area contributed by atoms with Crippen molar-refractivity contribution in [3.63, 3.8) is 0 Å². The van der Waals surface area contributed by atoms with Gasteiger partial charge in [0.25, 0.3) is 5.91 Å². The van der Waals surface area contributed by atoms with Crippen LogP contribution in [0.2, 0.25) is 0 Å². The zero-order valence-corrected chi connectivity index (χ0v) is 12.0. The van der Waals surface area contributed by atoms with E-state index in [9.17, 15) is 4.79 Å². The Balaban J connectivity index is 2.98. The Labute approximate surface area is 114 Å². The Morgan fingerprint density at radius 2 is 1.79 bits per heavy atom. The molecule has 1 rings (SSSR count). The molecule has 106 valence electrons. The summed E-state index contributed by atoms with van der Waals surface area (Å²) in [5.41, 5.74) is 6.06. The fourth-order valence-electron chi connectivity index (χ4n) is 1.77. The van der Waals surface area contributed by atoms with Gasteiger partial charge in [0.15, 0.2) is 0 Å². The van der Waals surface area contributed by atoms with Gasteiger partial charge < -0.3 is 20.1 Å². The molecule has 0 saturated heterocycles. The third kappa shape index (κ3) is 3.86. The van der Waals surface area contributed by atoms with Crippen molar-refractivity contribution in [2.24, 2.45) is 5.73 Å². The number of ether oxygens (including phenoxy) is 2. The van der Waals surface area contributed by atoms with Crippen LogP contribution in [0, 0.1) is 0 Å². The van der Waals surface area contributed by atoms with Crippen molar-refractivity contribution in [2.75, 3.05) is 27.8 Å². The summed E-state index contributed by atoms with van der Waals surface area (Å²) < 4.78 is 10.3. The number of amides is 1. The molecular formula is C14H22N2O3. The topological polar surface area (TPSA) is 64.8 Å². The van der Waals surface area contributed by atoms with Gasteiger partial charge in [0.05, 0.1) is 14.2 Å². The van der Waals surface area contributed by atoms with Gasteiger partial charge in [-0.2, -0.15) is 0 Å². The van der Waals surface area contributed by atoms with E-state index in [-0.39, 0.29) is 11.9 Å². The number of nitrogens with zero attached hydrogens (tertiary/aromatic N) is 1. The Morgan fingerprint density at radius 3 is 2.21 bits per heavy atom. The van der Waals surface area contributed by atoms with Crippen molar-refractivity contribution in [1.29, 1.82) is 0 Å². The minimum atomic E-state index is -0.0712. The van der Waals surface area contributed by atoms with Gasteiger partial charge in [0.2, 0.25) is 0 Å². The number of methoxy groups -OCH3 is 2. The Kier molecular flexibility index (Phi) is 5.63. The normalized spacial score (nSPS) is 11.8. The number of nitrogens with two attached hydrogens (primary N) is 1. The van der Waals surface area contributed by atoms with Crippen LogP contribution in [0.15, 0.2) is 18.2 Å². The third-order valence-electron chi connectivity index (χ3n) is 3.16. The molecule has 1 atom stereocenters. The molecule has 0 heterocycles. The summed E-state index contributed by atoms with van der Waals surface area (Å²) in [6, 6.07) is 5.24. The second-order valence-electron chi connectivity index (χ2n) is 4.44. The molecule has 19 heavy (non-hydrogen) atoms. The van der Waals surface area contributed by atoms with E-state index in [1.807, 2.05) is 6.92 Å². The van der Waals surface area contributed by atoms with Gasteiger partial charge in [-0.15, -0.1) is 0 Å². The molecule has 0 fully saturated rings. The number of carbonyl (C=O) groups excluding carboxylic acids is 1. The smallest absolute Gasteiger partial charge is 0.254 e. The summed E-state index contributed by atoms with van der Waals surface area (Å²) >= 11 is 0. The monoisotopic (exact) mass is 266 g/mol. The first-order valence-electron chi connectivity index (χ1n) is 6.23. The molecule has 5 heteroatoms. The van der Waals surface area contributed by atoms with Gasteiger partial charge in [0.1, 0.15) is 11.5 Å². The van der Waals surface area contributed by atoms with Gasteiger partial charge in [-0.3, -0.25) is 4.79 Å². The summed E-state index contributed by atoms with van der Waals surface area (Å²) in [5, 5.41) is 0. The fraction of sp³-hybridized carbons (Fsp3) is 0.500. The van der Waals surface area contributed by atoms with Crippen LogP contribution in [0.1, 0.15) is 23.7 Å². The highest BCUT2D eigenvalue weighted by molar-refractivity contribution is 5.95. The molecule has 0 aliphatic heterocycles. The molecule has 1 aromatic carbocycles. The molecule has 0 aliphatic rings. The number of hydrogen-bond donors (Lipinski definition) is 1. The molecule has 0 spiro atoms. The Morgan fingerprint density at radius 1 is 1.26 bits per heavy atom. The lowest BCUT2D eigenvalue weighted by Gasteiger charge is -2.25. The van der Waals surface area contributed by atoms with Crippen molar-refractivity contribution < 1.29 is 14.3 Å². The molecule has 0 aromatic heterocycles. The zero-order chi connectivity index (χ0) is 14.4. The number of carbonyl (C=O) groups is 1. The van der Waals surface area contributed by atoms with Crippen LogP contribution in [0.3, 0.4) is 0 Å². The highest BCUT2D eigenvalue weighted by Crippen LogP contribution is 2.23. The Hall–Kier alpha value is -1.75. The minimum Gasteiger partial charge on any atom is -0.497 e. The van der Waals surface area contributed by atoms with Crippen molar-refractivity contribution in [3.8, 4) is 11.5 Å². The summed E-state index contributed by atoms with van der Waals surface area (Å²) in [6.07, 6.45) is 0.767. The van der Waals surface area contributed by atoms with Crippen LogP contribution < -0.4 is 15.2 Å². The van der Waals surface area contributed by atoms with E-state index in [1.54, 1.807) is 44.4 Å². The average Bonchev–Trinajstić information content (AvgIpc) is 2.45. The first-order chi connectivity index (χ1) is 9.03. The highest BCUT2D eigenvalue weighted by atomic mass is 16.5. The maximum atomic E-state index is 12.4. The van der Waals surface area contributed by atoms with E-state index >= 15 is 0 Å². The lowest BCUT2D eigenvalue weighted by atomic mass is 10.1. The molecule has 5 nitrogen and oxygen atoms in total. The standard InChI is InChI=1S/C14H22N2O3/c1-10(5-6-15)16(2)14(17)11-7-12(18-3)9-13(8-11)19-4/h7-10H,5-6,15H2,1-4H3. The molecule has 1 amide bonds. The van der Waals surface area contributed by atoms with E-state index < -0.39 is 0 Å². The lowest BCUT2D eigenvalue weighted by molar-refractivity contribution is 0.0738. The number of hydrogen-bond acceptors (Lipinski definition) is 4. The van der Waals surface area contributed by atoms with Gasteiger partial charge in [-0.05, 0) is 32.0 Å². The van der Waals surface area contributed by atoms with Crippen LogP contribution in [0.4, 0.5) is 0 Å². The van der Waals surface area contributed by atoms with Crippen molar-refractivity contribution >= 4 is 5.91 Å². The van der Waals surface area contributed by atoms with E-state index in [0.29, 0.717) is 23.6 Å². The summed E-state index contributed by atoms with van der Waals surface area (Å²) in [7, 11) is 4.89. The van der Waals surface area contributed by atoms with E-state index in [2.05, 4.69) is 0 Å². The molecule has 0 saturated carbocycles. The largest absolute Gasteiger partial charge is 0.497 e. The molecule has 2 N–H and O–H groups in total. The molecule has 0 aliphatic carbocycles. The van der Waals surface area contributed by atoms with Crippen LogP contribution >= 0.6 is 0 Å². The number of rotatable bonds is 6. The van der Waals surface area contributed by atoms with E-state index in [1.165, 1.54) is 0 Å². The fourth-order valence-corrected chi connectivity index (χ4v) is 1.77. The molecule has 1 unspecified atom stereocenters. The van der Waals surface area contributed by atoms with Crippen LogP contribution in [0.5, 0.6) is 11.5 Å². The first-order valence-corrected chi connectivity index (χ1v) is 6.23. The van der Waals surface area contributed by atoms with Gasteiger partial charge in [-0.1, -0.05) is 0 Å². The van der Waals surface area contributed by atoms with Crippen LogP contribution in [-0.2, 0) is 0 Å². The maximum absolute atomic E-state index is 12.4. The van der Waals surface area contributed by atoms with E-state index in [0.717, 1.165) is 6.42 Å². The van der Waals surface area contributed by atoms with Crippen molar-refractivity contribution in [1.82, 2.24) is 4.90 Å². The predicted octanol–water partition coefficient (Wildman–Crippen LogP) is 1.51. The van der Waals surface area contributed by atoms with Gasteiger partial charge in [0, 0.05) is 24.7 Å². The minimum absolute atomic E-state index is 0.0712. The lowest BCUT2D eigenvalue weighted by Crippen LogP contribution is -2.36. The SMILES string of the molecule is COc1cc(OC)cc(C(=O)N(C)C(C)CCN)c1. The second kappa shape index (κ2) is 6.99. The van der Waals surface area contributed by atoms with Crippen LogP contribution in [-0.4, -0.2) is 44.7 Å². The summed E-state index contributed by atoms with van der Waals surface area (Å²) in [6.45, 7) is 2.53. The van der Waals surface area contributed by atoms with Crippen molar-refractivity contribution in [3.05, 3.63) is 23.8 Å². The summed E-state index contributed by atoms with van der Waals surface area (Å²) in [5.74, 6) is 1.13. The third-order valence-corrected chi connectivity index (χ3v) is 3.16. The first kappa shape index (κ1) is 15.3. The molecule has 0 bridgehead atoms. The quantitative estimate of drug-likeness (QED) is 0.847. The highest BCUT2D eigenvalue weighted by Gasteiger charge is 2.18. The Bertz CT molecular complexity index is 412. The van der Waals surface area contributed by atoms with E-state index in [4.69, 9.17) is 15.2 Å². The molecule has 1 aromatic rings. The average molecular weight is 266 g/mol. The van der Waals surface area contributed by atoms with Crippen LogP contribution in [0.25, 0.3) is 0 Å². The zero-order valence-electron chi connectivity index (χ0n) is 12.0. The number of benzene rings is 1. The molecular weight excluding hydrogens is 244 g/mol. The maximum Gasteiger partial charge on any atom is 0.254 e. The van der Waals surface area contributed by atoms with Crippen molar-refractivity contribution in [2.45, 2.75) is 19.4 Å². The molecule has 0 radical (unpaired) electrons. The van der Waals surface area contributed by atoms with Gasteiger partial charge >= 0.3 is 0 Å².